The van der Waals surface area contributed by atoms with Gasteiger partial charge in [-0.3, -0.25) is 19.3 Å². The van der Waals surface area contributed by atoms with Gasteiger partial charge in [0.1, 0.15) is 5.82 Å². The fourth-order valence-electron chi connectivity index (χ4n) is 7.79. The van der Waals surface area contributed by atoms with E-state index in [-0.39, 0.29) is 68.1 Å². The van der Waals surface area contributed by atoms with Crippen molar-refractivity contribution in [2.75, 3.05) is 5.73 Å². The zero-order valence-corrected chi connectivity index (χ0v) is 49.1. The maximum absolute atomic E-state index is 13.1. The number of nitrogens with zero attached hydrogens (tertiary/aromatic N) is 10. The Bertz CT molecular complexity index is 4550. The van der Waals surface area contributed by atoms with E-state index in [9.17, 15) is 93.0 Å². The Morgan fingerprint density at radius 3 is 1.34 bits per heavy atom. The van der Waals surface area contributed by atoms with Crippen LogP contribution in [-0.2, 0) is 43.5 Å². The summed E-state index contributed by atoms with van der Waals surface area (Å²) in [4.78, 5) is 38.9. The summed E-state index contributed by atoms with van der Waals surface area (Å²) in [5.41, 5.74) is 2.66. The number of aromatic amines is 1. The van der Waals surface area contributed by atoms with Crippen molar-refractivity contribution in [3.05, 3.63) is 242 Å². The lowest BCUT2D eigenvalue weighted by atomic mass is 10.1. The summed E-state index contributed by atoms with van der Waals surface area (Å²) in [5, 5.41) is 32.2. The zero-order valence-electron chi connectivity index (χ0n) is 48.4. The van der Waals surface area contributed by atoms with Crippen molar-refractivity contribution in [3.63, 3.8) is 0 Å². The molecule has 0 aliphatic rings. The molecule has 0 aliphatic carbocycles. The van der Waals surface area contributed by atoms with Crippen molar-refractivity contribution < 1.29 is 112 Å². The molecule has 0 amide bonds. The van der Waals surface area contributed by atoms with Crippen molar-refractivity contribution in [2.24, 2.45) is 10.9 Å². The van der Waals surface area contributed by atoms with Gasteiger partial charge < -0.3 is 30.2 Å². The summed E-state index contributed by atoms with van der Waals surface area (Å²) in [6.07, 6.45) is -27.2. The molecule has 0 spiro atoms. The number of halogens is 20. The number of rotatable bonds is 8. The van der Waals surface area contributed by atoms with Crippen LogP contribution in [0.4, 0.5) is 89.4 Å². The minimum absolute atomic E-state index is 0.106. The van der Waals surface area contributed by atoms with Crippen molar-refractivity contribution >= 4 is 29.2 Å². The predicted molar refractivity (Wildman–Crippen MR) is 304 cm³/mol. The van der Waals surface area contributed by atoms with Gasteiger partial charge in [0.2, 0.25) is 23.4 Å². The van der Waals surface area contributed by atoms with Gasteiger partial charge in [0, 0.05) is 34.0 Å². The van der Waals surface area contributed by atoms with Crippen LogP contribution in [0.1, 0.15) is 60.9 Å². The van der Waals surface area contributed by atoms with Crippen LogP contribution >= 0.6 is 11.6 Å². The first-order valence-corrected chi connectivity index (χ1v) is 26.7. The number of benzene rings is 6. The Labute approximate surface area is 543 Å². The Morgan fingerprint density at radius 1 is 0.515 bits per heavy atom. The molecule has 6 N–H and O–H groups in total. The summed E-state index contributed by atoms with van der Waals surface area (Å²) in [6, 6.07) is 32.9. The molecule has 518 valence electrons. The monoisotopic (exact) mass is 1430 g/mol. The molecule has 0 fully saturated rings. The highest BCUT2D eigenvalue weighted by atomic mass is 35.5. The lowest BCUT2D eigenvalue weighted by molar-refractivity contribution is -0.141. The number of oxime groups is 1. The van der Waals surface area contributed by atoms with Gasteiger partial charge >= 0.3 is 54.2 Å². The average Bonchev–Trinajstić information content (AvgIpc) is 1.87. The lowest BCUT2D eigenvalue weighted by Gasteiger charge is -2.09. The average molecular weight is 1430 g/mol. The summed E-state index contributed by atoms with van der Waals surface area (Å²) >= 11 is 5.36. The Hall–Kier alpha value is -12.0. The molecule has 0 saturated carbocycles. The lowest BCUT2D eigenvalue weighted by Crippen LogP contribution is -2.16. The predicted octanol–water partition coefficient (Wildman–Crippen LogP) is 15.9. The molecule has 5 heterocycles. The standard InChI is InChI=1S/C17H9F6N3O2.C9H4ClF3N2O.C9H6F3N3O.C9H5F3N2O2.C8H4F3N.C7H7FN2O/c18-16(19,20)11-6-2-1-4-9(11)15-25-13(28-26-15)8-12(27)10-5-3-7-24-14(10)17(21,22)23;10-8-14-7(15-16-8)5-3-1-2-4-6(5)9(11,12)13;10-9(11,12)6-4-2-1-3-5(6)7-14-8(13)16-15-7;10-9(11,12)6-4-2-1-3-5(6)7-13-8(15)16-14-7;9-8(10,11)7-4-2-1-3-6(7)5-12;8-6-4-2-1-3-5(6)7(9)10-11/h1-7H,8H2;1-4H;1-4H,(H2,13,14,15);1-4H,(H,13,14,15);1-4H;1-4,11H,(H2,9,10). The molecule has 0 unspecified atom stereocenters. The second-order valence-electron chi connectivity index (χ2n) is 18.6. The first-order valence-electron chi connectivity index (χ1n) is 26.3. The largest absolute Gasteiger partial charge is 0.439 e. The van der Waals surface area contributed by atoms with E-state index in [0.717, 1.165) is 60.8 Å². The third-order valence-electron chi connectivity index (χ3n) is 12.0. The van der Waals surface area contributed by atoms with Crippen LogP contribution in [0.25, 0.3) is 45.6 Å². The molecule has 20 nitrogen and oxygen atoms in total. The van der Waals surface area contributed by atoms with Crippen LogP contribution in [0.2, 0.25) is 5.35 Å². The molecule has 0 atom stereocenters. The summed E-state index contributed by atoms with van der Waals surface area (Å²) < 4.78 is 258. The molecule has 0 aliphatic heterocycles. The van der Waals surface area contributed by atoms with Crippen molar-refractivity contribution in [2.45, 2.75) is 43.5 Å². The van der Waals surface area contributed by atoms with E-state index in [4.69, 9.17) is 38.1 Å². The molecular weight excluding hydrogens is 1400 g/mol. The Morgan fingerprint density at radius 2 is 0.929 bits per heavy atom. The topological polar surface area (TPSA) is 314 Å². The van der Waals surface area contributed by atoms with Crippen LogP contribution in [-0.4, -0.2) is 62.4 Å². The summed E-state index contributed by atoms with van der Waals surface area (Å²) in [5.74, 6) is -4.08. The molecule has 6 aromatic carbocycles. The van der Waals surface area contributed by atoms with Crippen LogP contribution < -0.4 is 17.2 Å². The first-order chi connectivity index (χ1) is 46.3. The second kappa shape index (κ2) is 32.2. The molecular formula is C59H35ClF19N13O7. The van der Waals surface area contributed by atoms with Crippen LogP contribution in [0.15, 0.2) is 192 Å². The SMILES string of the molecule is FC(F)(F)c1ccccc1-c1noc(Cl)n1.N#Cc1ccccc1C(F)(F)F.NC(=NO)c1ccccc1F.Nc1nc(-c2ccccc2C(F)(F)F)no1.O=C(Cc1nc(-c2ccccc2C(F)(F)F)no1)c1cccnc1C(F)(F)F.O=c1[nH]c(-c2ccccc2C(F)(F)F)no1. The van der Waals surface area contributed by atoms with Gasteiger partial charge in [-0.15, -0.1) is 0 Å². The fraction of sp³-hybridized carbons (Fsp3) is 0.119. The zero-order chi connectivity index (χ0) is 73.3. The maximum atomic E-state index is 13.1. The van der Waals surface area contributed by atoms with E-state index in [1.165, 1.54) is 103 Å². The van der Waals surface area contributed by atoms with Crippen LogP contribution in [0, 0.1) is 17.1 Å². The quantitative estimate of drug-likeness (QED) is 0.0274. The number of anilines is 1. The second-order valence-corrected chi connectivity index (χ2v) is 18.9. The Kier molecular flexibility index (Phi) is 24.7. The molecule has 0 saturated heterocycles. The minimum Gasteiger partial charge on any atom is -0.409 e. The van der Waals surface area contributed by atoms with Gasteiger partial charge in [0.05, 0.1) is 51.4 Å². The molecule has 11 aromatic rings. The fourth-order valence-corrected chi connectivity index (χ4v) is 7.91. The number of hydrogen-bond donors (Lipinski definition) is 4. The number of nitrogens with one attached hydrogen (secondary N) is 1. The van der Waals surface area contributed by atoms with E-state index >= 15 is 0 Å². The number of nitrogen functional groups attached to an aromatic ring is 1. The van der Waals surface area contributed by atoms with E-state index in [1.807, 2.05) is 0 Å². The third-order valence-corrected chi connectivity index (χ3v) is 12.1. The number of nitriles is 1. The van der Waals surface area contributed by atoms with Crippen LogP contribution in [0.3, 0.4) is 0 Å². The number of hydrogen-bond acceptors (Lipinski definition) is 18. The van der Waals surface area contributed by atoms with Crippen molar-refractivity contribution in [1.29, 1.82) is 5.26 Å². The molecule has 40 heteroatoms. The third kappa shape index (κ3) is 21.3. The number of amidine groups is 1. The smallest absolute Gasteiger partial charge is 0.409 e. The number of carbonyl (C=O) groups is 1. The highest BCUT2D eigenvalue weighted by Crippen LogP contribution is 2.40. The van der Waals surface area contributed by atoms with E-state index in [2.05, 4.69) is 64.3 Å². The van der Waals surface area contributed by atoms with Gasteiger partial charge in [-0.1, -0.05) is 123 Å². The number of aromatic nitrogens is 9. The van der Waals surface area contributed by atoms with Gasteiger partial charge in [0.25, 0.3) is 0 Å². The van der Waals surface area contributed by atoms with Gasteiger partial charge in [-0.05, 0) is 72.3 Å². The first kappa shape index (κ1) is 76.0. The summed E-state index contributed by atoms with van der Waals surface area (Å²) in [7, 11) is 0. The minimum atomic E-state index is -4.85. The highest BCUT2D eigenvalue weighted by Gasteiger charge is 2.40. The molecule has 99 heavy (non-hydrogen) atoms. The molecule has 5 aromatic heterocycles. The number of Topliss-reactive ketones (excluding diaryl/α,β-unsaturated/α-hetero) is 1. The van der Waals surface area contributed by atoms with E-state index in [1.54, 1.807) is 6.07 Å². The number of pyridine rings is 1. The van der Waals surface area contributed by atoms with Crippen LogP contribution in [0.5, 0.6) is 0 Å². The summed E-state index contributed by atoms with van der Waals surface area (Å²) in [6.45, 7) is 0. The van der Waals surface area contributed by atoms with Crippen molar-refractivity contribution in [1.82, 2.24) is 45.5 Å². The number of ketones is 1. The van der Waals surface area contributed by atoms with Gasteiger partial charge in [-0.25, -0.2) is 9.18 Å². The molecule has 0 radical (unpaired) electrons. The normalized spacial score (nSPS) is 11.7. The van der Waals surface area contributed by atoms with E-state index in [0.29, 0.717) is 0 Å². The number of nitrogens with two attached hydrogens (primary N) is 2. The number of carbonyl (C=O) groups excluding carboxylic acids is 1. The van der Waals surface area contributed by atoms with Gasteiger partial charge in [0.15, 0.2) is 23.1 Å². The number of alkyl halides is 18. The maximum Gasteiger partial charge on any atom is 0.439 e. The molecule has 0 bridgehead atoms. The molecule has 11 rings (SSSR count). The number of H-pyrrole nitrogens is 1. The Balaban J connectivity index is 0.000000193. The van der Waals surface area contributed by atoms with Crippen molar-refractivity contribution in [3.8, 4) is 51.6 Å². The van der Waals surface area contributed by atoms with Gasteiger partial charge in [-0.2, -0.15) is 99.2 Å². The highest BCUT2D eigenvalue weighted by molar-refractivity contribution is 6.27. The van der Waals surface area contributed by atoms with E-state index < -0.39 is 112 Å².